The minimum absolute atomic E-state index is 0.0875. The molecule has 1 atom stereocenters. The zero-order chi connectivity index (χ0) is 55.0. The van der Waals surface area contributed by atoms with Crippen LogP contribution in [-0.2, 0) is 28.6 Å². The minimum atomic E-state index is -0.792. The van der Waals surface area contributed by atoms with Crippen LogP contribution in [0.25, 0.3) is 0 Å². The van der Waals surface area contributed by atoms with E-state index in [-0.39, 0.29) is 31.1 Å². The molecule has 6 nitrogen and oxygen atoms in total. The predicted octanol–water partition coefficient (Wildman–Crippen LogP) is 21.8. The van der Waals surface area contributed by atoms with Crippen LogP contribution in [0.4, 0.5) is 0 Å². The highest BCUT2D eigenvalue weighted by atomic mass is 16.6. The highest BCUT2D eigenvalue weighted by Gasteiger charge is 2.19. The van der Waals surface area contributed by atoms with E-state index < -0.39 is 6.10 Å². The molecule has 0 saturated carbocycles. The molecule has 76 heavy (non-hydrogen) atoms. The van der Waals surface area contributed by atoms with Gasteiger partial charge in [-0.3, -0.25) is 14.4 Å². The summed E-state index contributed by atoms with van der Waals surface area (Å²) in [6.07, 6.45) is 86.7. The second-order valence-electron chi connectivity index (χ2n) is 20.9. The molecule has 6 heteroatoms. The van der Waals surface area contributed by atoms with Crippen molar-refractivity contribution in [1.29, 1.82) is 0 Å². The summed E-state index contributed by atoms with van der Waals surface area (Å²) in [5, 5.41) is 0. The number of hydrogen-bond acceptors (Lipinski definition) is 6. The number of carbonyl (C=O) groups excluding carboxylic acids is 3. The van der Waals surface area contributed by atoms with Crippen molar-refractivity contribution in [3.05, 3.63) is 109 Å². The van der Waals surface area contributed by atoms with Gasteiger partial charge in [0.2, 0.25) is 0 Å². The van der Waals surface area contributed by atoms with Crippen LogP contribution < -0.4 is 0 Å². The third-order valence-corrected chi connectivity index (χ3v) is 13.5. The van der Waals surface area contributed by atoms with Gasteiger partial charge in [-0.25, -0.2) is 0 Å². The Hall–Kier alpha value is -3.93. The lowest BCUT2D eigenvalue weighted by Gasteiger charge is -2.18. The van der Waals surface area contributed by atoms with Crippen LogP contribution in [0.1, 0.15) is 297 Å². The van der Waals surface area contributed by atoms with Gasteiger partial charge in [-0.1, -0.05) is 271 Å². The molecule has 0 saturated heterocycles. The number of unbranched alkanes of at least 4 members (excludes halogenated alkanes) is 28. The zero-order valence-corrected chi connectivity index (χ0v) is 49.7. The topological polar surface area (TPSA) is 78.9 Å². The zero-order valence-electron chi connectivity index (χ0n) is 49.7. The van der Waals surface area contributed by atoms with Crippen molar-refractivity contribution in [2.24, 2.45) is 0 Å². The van der Waals surface area contributed by atoms with Crippen molar-refractivity contribution < 1.29 is 28.6 Å². The van der Waals surface area contributed by atoms with E-state index in [0.717, 1.165) is 148 Å². The molecule has 0 amide bonds. The fraction of sp³-hybridized carbons (Fsp3) is 0.700. The Kier molecular flexibility index (Phi) is 60.3. The first kappa shape index (κ1) is 72.1. The maximum atomic E-state index is 12.9. The van der Waals surface area contributed by atoms with E-state index in [1.54, 1.807) is 0 Å². The number of esters is 3. The van der Waals surface area contributed by atoms with E-state index in [9.17, 15) is 14.4 Å². The van der Waals surface area contributed by atoms with Crippen molar-refractivity contribution >= 4 is 17.9 Å². The quantitative estimate of drug-likeness (QED) is 0.0261. The third-order valence-electron chi connectivity index (χ3n) is 13.5. The lowest BCUT2D eigenvalue weighted by molar-refractivity contribution is -0.167. The summed E-state index contributed by atoms with van der Waals surface area (Å²) in [5.74, 6) is -0.911. The van der Waals surface area contributed by atoms with Gasteiger partial charge in [-0.2, -0.15) is 0 Å². The van der Waals surface area contributed by atoms with E-state index in [2.05, 4.69) is 130 Å². The van der Waals surface area contributed by atoms with Crippen molar-refractivity contribution in [1.82, 2.24) is 0 Å². The van der Waals surface area contributed by atoms with E-state index >= 15 is 0 Å². The average Bonchev–Trinajstić information content (AvgIpc) is 3.42. The number of ether oxygens (including phenoxy) is 3. The Morgan fingerprint density at radius 3 is 0.855 bits per heavy atom. The molecule has 434 valence electrons. The van der Waals surface area contributed by atoms with Crippen molar-refractivity contribution in [2.75, 3.05) is 13.2 Å². The normalized spacial score (nSPS) is 12.8. The van der Waals surface area contributed by atoms with Crippen LogP contribution in [0.2, 0.25) is 0 Å². The Morgan fingerprint density at radius 2 is 0.539 bits per heavy atom. The van der Waals surface area contributed by atoms with Crippen LogP contribution in [0.3, 0.4) is 0 Å². The largest absolute Gasteiger partial charge is 0.462 e. The van der Waals surface area contributed by atoms with Crippen LogP contribution in [0.5, 0.6) is 0 Å². The van der Waals surface area contributed by atoms with E-state index in [1.165, 1.54) is 109 Å². The summed E-state index contributed by atoms with van der Waals surface area (Å²) in [6, 6.07) is 0. The number of allylic oxidation sites excluding steroid dienone is 18. The molecule has 0 aliphatic carbocycles. The van der Waals surface area contributed by atoms with Gasteiger partial charge in [0.15, 0.2) is 6.10 Å². The van der Waals surface area contributed by atoms with Gasteiger partial charge in [0.05, 0.1) is 0 Å². The van der Waals surface area contributed by atoms with Gasteiger partial charge < -0.3 is 14.2 Å². The van der Waals surface area contributed by atoms with Crippen LogP contribution in [-0.4, -0.2) is 37.2 Å². The average molecular weight is 1060 g/mol. The first-order valence-electron chi connectivity index (χ1n) is 31.9. The summed E-state index contributed by atoms with van der Waals surface area (Å²) in [7, 11) is 0. The molecule has 0 aromatic heterocycles. The SMILES string of the molecule is CC/C=C\C/C=C\C/C=C\C/C=C\C/C=C\CCCCCCCCCCCCCCCCCC(=O)OCC(COC(=O)CCCCCCC/C=C\C/C=C\CCC)OC(=O)CCCCCCC/C=C\C/C=C\CCCC. The first-order valence-corrected chi connectivity index (χ1v) is 31.9. The second-order valence-corrected chi connectivity index (χ2v) is 20.9. The molecule has 0 aliphatic heterocycles. The van der Waals surface area contributed by atoms with E-state index in [1.807, 2.05) is 0 Å². The molecule has 0 aliphatic rings. The second kappa shape index (κ2) is 63.6. The van der Waals surface area contributed by atoms with Crippen molar-refractivity contribution in [3.8, 4) is 0 Å². The molecule has 0 heterocycles. The first-order chi connectivity index (χ1) is 37.5. The molecule has 0 spiro atoms. The fourth-order valence-corrected chi connectivity index (χ4v) is 8.70. The molecular weight excluding hydrogens is 937 g/mol. The Labute approximate surface area is 470 Å². The van der Waals surface area contributed by atoms with Crippen LogP contribution in [0, 0.1) is 0 Å². The Bertz CT molecular complexity index is 1540. The van der Waals surface area contributed by atoms with Gasteiger partial charge in [0.25, 0.3) is 0 Å². The van der Waals surface area contributed by atoms with Crippen molar-refractivity contribution in [3.63, 3.8) is 0 Å². The summed E-state index contributed by atoms with van der Waals surface area (Å²) in [5.41, 5.74) is 0. The molecule has 0 radical (unpaired) electrons. The number of rotatable bonds is 57. The van der Waals surface area contributed by atoms with Crippen molar-refractivity contribution in [2.45, 2.75) is 303 Å². The fourth-order valence-electron chi connectivity index (χ4n) is 8.70. The molecule has 0 N–H and O–H groups in total. The summed E-state index contributed by atoms with van der Waals surface area (Å²) < 4.78 is 16.9. The highest BCUT2D eigenvalue weighted by Crippen LogP contribution is 2.16. The molecule has 0 bridgehead atoms. The van der Waals surface area contributed by atoms with Gasteiger partial charge in [-0.15, -0.1) is 0 Å². The van der Waals surface area contributed by atoms with Gasteiger partial charge in [0.1, 0.15) is 13.2 Å². The van der Waals surface area contributed by atoms with E-state index in [4.69, 9.17) is 14.2 Å². The summed E-state index contributed by atoms with van der Waals surface area (Å²) >= 11 is 0. The molecule has 0 aromatic carbocycles. The Balaban J connectivity index is 4.20. The summed E-state index contributed by atoms with van der Waals surface area (Å²) in [4.78, 5) is 38.2. The molecular formula is C70H118O6. The number of hydrogen-bond donors (Lipinski definition) is 0. The van der Waals surface area contributed by atoms with E-state index in [0.29, 0.717) is 19.3 Å². The maximum Gasteiger partial charge on any atom is 0.306 e. The Morgan fingerprint density at radius 1 is 0.276 bits per heavy atom. The highest BCUT2D eigenvalue weighted by molar-refractivity contribution is 5.71. The molecule has 1 unspecified atom stereocenters. The smallest absolute Gasteiger partial charge is 0.306 e. The van der Waals surface area contributed by atoms with Crippen LogP contribution >= 0.6 is 0 Å². The van der Waals surface area contributed by atoms with Gasteiger partial charge in [0, 0.05) is 19.3 Å². The van der Waals surface area contributed by atoms with Gasteiger partial charge >= 0.3 is 17.9 Å². The lowest BCUT2D eigenvalue weighted by Crippen LogP contribution is -2.30. The standard InChI is InChI=1S/C70H118O6/c1-4-7-10-13-16-19-22-25-27-28-29-30-31-32-33-34-35-36-37-38-39-40-41-42-43-46-48-51-54-57-60-63-69(72)75-66-67(65-74-68(71)62-59-56-53-50-47-44-24-21-18-15-12-9-6-3)76-70(73)64-61-58-55-52-49-45-26-23-20-17-14-11-8-5-2/h7,10,12,14-17,19,21,23-27,29-30,32-33,67H,4-6,8-9,11,13,18,20,22,28,31,34-66H2,1-3H3/b10-7-,15-12-,17-14-,19-16-,24-21-,26-23-,27-25-,30-29-,33-32-. The predicted molar refractivity (Wildman–Crippen MR) is 330 cm³/mol. The van der Waals surface area contributed by atoms with Crippen LogP contribution in [0.15, 0.2) is 109 Å². The van der Waals surface area contributed by atoms with Gasteiger partial charge in [-0.05, 0) is 116 Å². The molecule has 0 rings (SSSR count). The lowest BCUT2D eigenvalue weighted by atomic mass is 10.0. The monoisotopic (exact) mass is 1050 g/mol. The third kappa shape index (κ3) is 60.9. The molecule has 0 aromatic rings. The molecule has 0 fully saturated rings. The minimum Gasteiger partial charge on any atom is -0.462 e. The maximum absolute atomic E-state index is 12.9. The number of carbonyl (C=O) groups is 3. The summed E-state index contributed by atoms with van der Waals surface area (Å²) in [6.45, 7) is 6.41.